The molecule has 0 aromatic carbocycles. The first kappa shape index (κ1) is 19.0. The molecule has 0 atom stereocenters. The zero-order chi connectivity index (χ0) is 18.2. The van der Waals surface area contributed by atoms with E-state index in [4.69, 9.17) is 15.9 Å². The summed E-state index contributed by atoms with van der Waals surface area (Å²) in [6.07, 6.45) is 3.34. The summed E-state index contributed by atoms with van der Waals surface area (Å²) in [7, 11) is 0. The number of nitrogen functional groups attached to an aromatic ring is 1. The monoisotopic (exact) mass is 367 g/mol. The quantitative estimate of drug-likeness (QED) is 0.548. The van der Waals surface area contributed by atoms with Gasteiger partial charge in [-0.25, -0.2) is 14.6 Å². The Labute approximate surface area is 149 Å². The number of aliphatic carboxylic acids is 2. The van der Waals surface area contributed by atoms with Gasteiger partial charge >= 0.3 is 11.9 Å². The van der Waals surface area contributed by atoms with Gasteiger partial charge in [-0.15, -0.1) is 11.8 Å². The van der Waals surface area contributed by atoms with Gasteiger partial charge in [-0.3, -0.25) is 0 Å². The van der Waals surface area contributed by atoms with Gasteiger partial charge in [-0.2, -0.15) is 4.98 Å². The van der Waals surface area contributed by atoms with Crippen molar-refractivity contribution in [3.05, 3.63) is 17.8 Å². The lowest BCUT2D eigenvalue weighted by atomic mass is 10.2. The Bertz CT molecular complexity index is 646. The number of rotatable bonds is 3. The largest absolute Gasteiger partial charge is 0.478 e. The number of aromatic nitrogens is 2. The first-order valence-corrected chi connectivity index (χ1v) is 8.84. The average Bonchev–Trinajstić information content (AvgIpc) is 2.61. The average molecular weight is 367 g/mol. The highest BCUT2D eigenvalue weighted by atomic mass is 32.2. The molecule has 1 saturated heterocycles. The van der Waals surface area contributed by atoms with Crippen molar-refractivity contribution in [2.75, 3.05) is 42.6 Å². The Morgan fingerprint density at radius 1 is 1.16 bits per heavy atom. The van der Waals surface area contributed by atoms with Gasteiger partial charge in [0.1, 0.15) is 5.82 Å². The second-order valence-corrected chi connectivity index (χ2v) is 6.49. The topological polar surface area (TPSA) is 142 Å². The van der Waals surface area contributed by atoms with E-state index in [1.807, 2.05) is 0 Å². The highest BCUT2D eigenvalue weighted by molar-refractivity contribution is 7.99. The molecule has 25 heavy (non-hydrogen) atoms. The maximum Gasteiger partial charge on any atom is 0.328 e. The van der Waals surface area contributed by atoms with E-state index in [0.717, 1.165) is 54.9 Å². The number of carboxylic acids is 2. The Hall–Kier alpha value is -2.33. The highest BCUT2D eigenvalue weighted by Crippen LogP contribution is 2.33. The fourth-order valence-corrected chi connectivity index (χ4v) is 3.39. The van der Waals surface area contributed by atoms with Crippen molar-refractivity contribution in [2.45, 2.75) is 17.7 Å². The number of thioether (sulfide) groups is 1. The van der Waals surface area contributed by atoms with Crippen molar-refractivity contribution < 1.29 is 19.8 Å². The number of aryl methyl sites for hydroxylation is 1. The fourth-order valence-electron chi connectivity index (χ4n) is 2.39. The number of piperazine rings is 1. The molecule has 1 aromatic rings. The number of carbonyl (C=O) groups is 2. The van der Waals surface area contributed by atoms with Crippen molar-refractivity contribution in [2.24, 2.45) is 0 Å². The molecule has 0 amide bonds. The molecule has 9 nitrogen and oxygen atoms in total. The van der Waals surface area contributed by atoms with Gasteiger partial charge in [0.05, 0.1) is 10.6 Å². The third-order valence-corrected chi connectivity index (χ3v) is 4.75. The number of nitrogens with one attached hydrogen (secondary N) is 1. The van der Waals surface area contributed by atoms with Gasteiger partial charge in [0, 0.05) is 38.3 Å². The molecule has 1 fully saturated rings. The molecule has 0 spiro atoms. The van der Waals surface area contributed by atoms with Crippen LogP contribution in [-0.2, 0) is 16.0 Å². The zero-order valence-electron chi connectivity index (χ0n) is 13.6. The summed E-state index contributed by atoms with van der Waals surface area (Å²) < 4.78 is 0. The molecular weight excluding hydrogens is 346 g/mol. The molecule has 1 aromatic heterocycles. The molecule has 2 aliphatic heterocycles. The number of fused-ring (bicyclic) bond motifs is 1. The summed E-state index contributed by atoms with van der Waals surface area (Å²) >= 11 is 1.79. The van der Waals surface area contributed by atoms with E-state index < -0.39 is 11.9 Å². The van der Waals surface area contributed by atoms with Crippen molar-refractivity contribution in [3.8, 4) is 0 Å². The lowest BCUT2D eigenvalue weighted by Crippen LogP contribution is -2.44. The fraction of sp³-hybridized carbons (Fsp3) is 0.467. The molecule has 0 radical (unpaired) electrons. The van der Waals surface area contributed by atoms with E-state index in [0.29, 0.717) is 18.0 Å². The summed E-state index contributed by atoms with van der Waals surface area (Å²) in [5.74, 6) is 0.0892. The van der Waals surface area contributed by atoms with Crippen molar-refractivity contribution in [1.29, 1.82) is 0 Å². The molecule has 2 aliphatic rings. The van der Waals surface area contributed by atoms with Crippen LogP contribution in [0.5, 0.6) is 0 Å². The minimum absolute atomic E-state index is 0.558. The van der Waals surface area contributed by atoms with Crippen LogP contribution < -0.4 is 16.0 Å². The number of carboxylic acid groups (broad SMARTS) is 2. The number of hydrogen-bond acceptors (Lipinski definition) is 8. The van der Waals surface area contributed by atoms with Crippen LogP contribution >= 0.6 is 11.8 Å². The lowest BCUT2D eigenvalue weighted by molar-refractivity contribution is -0.134. The molecule has 10 heteroatoms. The smallest absolute Gasteiger partial charge is 0.328 e. The second-order valence-electron chi connectivity index (χ2n) is 5.38. The Morgan fingerprint density at radius 3 is 2.40 bits per heavy atom. The Morgan fingerprint density at radius 2 is 1.80 bits per heavy atom. The first-order valence-electron chi connectivity index (χ1n) is 7.86. The SMILES string of the molecule is Nc1nc(N2CCNCC2)nc2c1SCCC2.O=C(O)/C=C\C(=O)O. The van der Waals surface area contributed by atoms with E-state index in [9.17, 15) is 9.59 Å². The van der Waals surface area contributed by atoms with Crippen LogP contribution in [-0.4, -0.2) is 64.1 Å². The Balaban J connectivity index is 0.000000242. The highest BCUT2D eigenvalue weighted by Gasteiger charge is 2.20. The van der Waals surface area contributed by atoms with Crippen LogP contribution in [0.1, 0.15) is 12.1 Å². The van der Waals surface area contributed by atoms with Crippen molar-refractivity contribution in [3.63, 3.8) is 0 Å². The van der Waals surface area contributed by atoms with Crippen LogP contribution in [0.2, 0.25) is 0 Å². The predicted molar refractivity (Wildman–Crippen MR) is 95.0 cm³/mol. The summed E-state index contributed by atoms with van der Waals surface area (Å²) in [5, 5.41) is 19.0. The summed E-state index contributed by atoms with van der Waals surface area (Å²) in [6.45, 7) is 3.92. The van der Waals surface area contributed by atoms with E-state index in [1.54, 1.807) is 11.8 Å². The number of anilines is 2. The van der Waals surface area contributed by atoms with Crippen molar-refractivity contribution >= 4 is 35.5 Å². The third kappa shape index (κ3) is 5.91. The number of nitrogens with two attached hydrogens (primary N) is 1. The lowest BCUT2D eigenvalue weighted by Gasteiger charge is -2.28. The van der Waals surface area contributed by atoms with Gasteiger partial charge in [0.15, 0.2) is 0 Å². The molecule has 0 bridgehead atoms. The van der Waals surface area contributed by atoms with Gasteiger partial charge in [-0.1, -0.05) is 0 Å². The van der Waals surface area contributed by atoms with Gasteiger partial charge in [-0.05, 0) is 18.6 Å². The molecule has 0 aliphatic carbocycles. The summed E-state index contributed by atoms with van der Waals surface area (Å²) in [6, 6.07) is 0. The van der Waals surface area contributed by atoms with Crippen LogP contribution in [0.15, 0.2) is 17.0 Å². The third-order valence-electron chi connectivity index (χ3n) is 3.52. The standard InChI is InChI=1S/C11H17N5S.C4H4O4/c12-10-9-8(2-1-7-17-9)14-11(15-10)16-5-3-13-4-6-16;5-3(6)1-2-4(7)8/h13H,1-7H2,(H2,12,14,15);1-2H,(H,5,6)(H,7,8)/b;2-1-. The van der Waals surface area contributed by atoms with Crippen LogP contribution in [0.4, 0.5) is 11.8 Å². The van der Waals surface area contributed by atoms with Gasteiger partial charge in [0.25, 0.3) is 0 Å². The first-order chi connectivity index (χ1) is 12.0. The van der Waals surface area contributed by atoms with Crippen LogP contribution in [0.25, 0.3) is 0 Å². The van der Waals surface area contributed by atoms with Crippen LogP contribution in [0.3, 0.4) is 0 Å². The molecular formula is C15H21N5O4S. The molecule has 136 valence electrons. The minimum Gasteiger partial charge on any atom is -0.478 e. The maximum absolute atomic E-state index is 9.55. The molecule has 3 rings (SSSR count). The summed E-state index contributed by atoms with van der Waals surface area (Å²) in [5.41, 5.74) is 7.18. The molecule has 0 saturated carbocycles. The molecule has 0 unspecified atom stereocenters. The number of hydrogen-bond donors (Lipinski definition) is 4. The molecule has 3 heterocycles. The van der Waals surface area contributed by atoms with Gasteiger partial charge < -0.3 is 26.2 Å². The second kappa shape index (κ2) is 9.23. The summed E-state index contributed by atoms with van der Waals surface area (Å²) in [4.78, 5) is 31.6. The minimum atomic E-state index is -1.26. The van der Waals surface area contributed by atoms with Gasteiger partial charge in [0.2, 0.25) is 5.95 Å². The van der Waals surface area contributed by atoms with E-state index >= 15 is 0 Å². The van der Waals surface area contributed by atoms with Crippen LogP contribution in [0, 0.1) is 0 Å². The predicted octanol–water partition coefficient (Wildman–Crippen LogP) is 0.219. The van der Waals surface area contributed by atoms with E-state index in [1.165, 1.54) is 6.42 Å². The maximum atomic E-state index is 9.55. The van der Waals surface area contributed by atoms with E-state index in [-0.39, 0.29) is 0 Å². The Kier molecular flexibility index (Phi) is 7.02. The van der Waals surface area contributed by atoms with Crippen molar-refractivity contribution in [1.82, 2.24) is 15.3 Å². The van der Waals surface area contributed by atoms with E-state index in [2.05, 4.69) is 20.2 Å². The number of nitrogens with zero attached hydrogens (tertiary/aromatic N) is 3. The molecule has 5 N–H and O–H groups in total. The normalized spacial score (nSPS) is 16.7. The zero-order valence-corrected chi connectivity index (χ0v) is 14.5.